The molecule has 2 rings (SSSR count). The average molecular weight is 224 g/mol. The molecule has 0 atom stereocenters. The topological polar surface area (TPSA) is 76.2 Å². The van der Waals surface area contributed by atoms with E-state index in [4.69, 9.17) is 9.63 Å². The van der Waals surface area contributed by atoms with Gasteiger partial charge in [0.1, 0.15) is 0 Å². The number of hydrogen-bond donors (Lipinski definition) is 1. The van der Waals surface area contributed by atoms with Crippen molar-refractivity contribution in [2.24, 2.45) is 5.41 Å². The minimum Gasteiger partial charge on any atom is -0.481 e. The van der Waals surface area contributed by atoms with Gasteiger partial charge in [-0.3, -0.25) is 4.79 Å². The molecule has 1 aromatic heterocycles. The third kappa shape index (κ3) is 2.59. The van der Waals surface area contributed by atoms with Gasteiger partial charge in [0, 0.05) is 6.42 Å². The van der Waals surface area contributed by atoms with E-state index in [1.807, 2.05) is 0 Å². The van der Waals surface area contributed by atoms with Crippen LogP contribution in [0.3, 0.4) is 0 Å². The molecule has 0 radical (unpaired) electrons. The summed E-state index contributed by atoms with van der Waals surface area (Å²) < 4.78 is 4.99. The van der Waals surface area contributed by atoms with Crippen LogP contribution in [0.1, 0.15) is 44.4 Å². The zero-order valence-electron chi connectivity index (χ0n) is 9.19. The number of hydrogen-bond acceptors (Lipinski definition) is 4. The molecule has 0 aromatic carbocycles. The molecule has 0 aliphatic heterocycles. The second-order valence-electron chi connectivity index (χ2n) is 4.64. The molecule has 1 aromatic rings. The van der Waals surface area contributed by atoms with Crippen LogP contribution in [0.4, 0.5) is 0 Å². The van der Waals surface area contributed by atoms with Crippen molar-refractivity contribution in [1.82, 2.24) is 10.1 Å². The van der Waals surface area contributed by atoms with E-state index in [1.165, 1.54) is 12.7 Å². The quantitative estimate of drug-likeness (QED) is 0.846. The van der Waals surface area contributed by atoms with Gasteiger partial charge in [-0.05, 0) is 18.3 Å². The third-order valence-corrected chi connectivity index (χ3v) is 3.37. The highest BCUT2D eigenvalue weighted by Gasteiger charge is 2.36. The highest BCUT2D eigenvalue weighted by molar-refractivity contribution is 5.67. The number of carbonyl (C=O) groups is 1. The van der Waals surface area contributed by atoms with Crippen LogP contribution in [0.25, 0.3) is 0 Å². The second kappa shape index (κ2) is 4.63. The zero-order valence-corrected chi connectivity index (χ0v) is 9.19. The van der Waals surface area contributed by atoms with Gasteiger partial charge in [0.25, 0.3) is 0 Å². The van der Waals surface area contributed by atoms with Gasteiger partial charge in [0.05, 0.1) is 6.42 Å². The third-order valence-electron chi connectivity index (χ3n) is 3.37. The second-order valence-corrected chi connectivity index (χ2v) is 4.64. The summed E-state index contributed by atoms with van der Waals surface area (Å²) in [6, 6.07) is 0. The number of aromatic nitrogens is 2. The van der Waals surface area contributed by atoms with E-state index in [2.05, 4.69) is 10.1 Å². The number of carboxylic acid groups (broad SMARTS) is 1. The molecule has 1 N–H and O–H groups in total. The Bertz CT molecular complexity index is 342. The first-order valence-corrected chi connectivity index (χ1v) is 5.68. The van der Waals surface area contributed by atoms with Crippen LogP contribution >= 0.6 is 0 Å². The van der Waals surface area contributed by atoms with Crippen LogP contribution in [-0.2, 0) is 11.2 Å². The lowest BCUT2D eigenvalue weighted by atomic mass is 9.69. The monoisotopic (exact) mass is 224 g/mol. The maximum atomic E-state index is 10.9. The minimum atomic E-state index is -0.735. The normalized spacial score (nSPS) is 19.5. The van der Waals surface area contributed by atoms with Gasteiger partial charge in [-0.25, -0.2) is 0 Å². The average Bonchev–Trinajstić information content (AvgIpc) is 2.70. The number of rotatable bonds is 4. The molecule has 88 valence electrons. The fourth-order valence-electron chi connectivity index (χ4n) is 2.63. The summed E-state index contributed by atoms with van der Waals surface area (Å²) in [4.78, 5) is 14.9. The Morgan fingerprint density at radius 3 is 2.75 bits per heavy atom. The van der Waals surface area contributed by atoms with Crippen LogP contribution in [0.15, 0.2) is 10.9 Å². The van der Waals surface area contributed by atoms with Gasteiger partial charge in [-0.2, -0.15) is 4.98 Å². The molecule has 0 unspecified atom stereocenters. The van der Waals surface area contributed by atoms with E-state index >= 15 is 0 Å². The Balaban J connectivity index is 2.09. The maximum Gasteiger partial charge on any atom is 0.303 e. The summed E-state index contributed by atoms with van der Waals surface area (Å²) in [5.41, 5.74) is -0.170. The molecule has 0 saturated heterocycles. The van der Waals surface area contributed by atoms with Crippen molar-refractivity contribution >= 4 is 5.97 Å². The number of carboxylic acids is 1. The van der Waals surface area contributed by atoms with Crippen LogP contribution in [0.5, 0.6) is 0 Å². The Morgan fingerprint density at radius 1 is 1.44 bits per heavy atom. The van der Waals surface area contributed by atoms with Gasteiger partial charge >= 0.3 is 5.97 Å². The molecule has 1 aliphatic carbocycles. The summed E-state index contributed by atoms with van der Waals surface area (Å²) >= 11 is 0. The first kappa shape index (κ1) is 11.1. The van der Waals surface area contributed by atoms with E-state index in [0.717, 1.165) is 25.7 Å². The standard InChI is InChI=1S/C11H16N2O3/c14-10(15)7-11(4-2-1-3-5-11)6-9-12-8-13-16-9/h8H,1-7H2,(H,14,15). The van der Waals surface area contributed by atoms with Crippen molar-refractivity contribution in [2.45, 2.75) is 44.9 Å². The summed E-state index contributed by atoms with van der Waals surface area (Å²) in [5, 5.41) is 12.6. The number of aliphatic carboxylic acids is 1. The molecule has 5 nitrogen and oxygen atoms in total. The lowest BCUT2D eigenvalue weighted by Gasteiger charge is -2.34. The predicted octanol–water partition coefficient (Wildman–Crippen LogP) is 2.04. The van der Waals surface area contributed by atoms with Crippen LogP contribution in [0.2, 0.25) is 0 Å². The molecule has 1 heterocycles. The van der Waals surface area contributed by atoms with Crippen molar-refractivity contribution in [3.05, 3.63) is 12.2 Å². The van der Waals surface area contributed by atoms with Gasteiger partial charge in [-0.1, -0.05) is 24.4 Å². The first-order valence-electron chi connectivity index (χ1n) is 5.68. The molecule has 1 saturated carbocycles. The molecule has 1 fully saturated rings. The lowest BCUT2D eigenvalue weighted by Crippen LogP contribution is -2.29. The molecule has 5 heteroatoms. The van der Waals surface area contributed by atoms with Gasteiger partial charge in [0.2, 0.25) is 5.89 Å². The first-order chi connectivity index (χ1) is 7.70. The molecule has 0 spiro atoms. The van der Waals surface area contributed by atoms with E-state index < -0.39 is 5.97 Å². The van der Waals surface area contributed by atoms with E-state index in [0.29, 0.717) is 12.3 Å². The highest BCUT2D eigenvalue weighted by atomic mass is 16.5. The Hall–Kier alpha value is -1.39. The Labute approximate surface area is 93.9 Å². The van der Waals surface area contributed by atoms with Gasteiger partial charge in [-0.15, -0.1) is 0 Å². The van der Waals surface area contributed by atoms with Crippen LogP contribution in [0, 0.1) is 5.41 Å². The van der Waals surface area contributed by atoms with Crippen molar-refractivity contribution in [3.8, 4) is 0 Å². The molecule has 0 bridgehead atoms. The zero-order chi connectivity index (χ0) is 11.4. The molecular weight excluding hydrogens is 208 g/mol. The van der Waals surface area contributed by atoms with Crippen molar-refractivity contribution in [1.29, 1.82) is 0 Å². The lowest BCUT2D eigenvalue weighted by molar-refractivity contribution is -0.140. The summed E-state index contributed by atoms with van der Waals surface area (Å²) in [7, 11) is 0. The molecule has 1 aliphatic rings. The van der Waals surface area contributed by atoms with Gasteiger partial charge < -0.3 is 9.63 Å². The largest absolute Gasteiger partial charge is 0.481 e. The predicted molar refractivity (Wildman–Crippen MR) is 55.8 cm³/mol. The summed E-state index contributed by atoms with van der Waals surface area (Å²) in [6.07, 6.45) is 7.46. The highest BCUT2D eigenvalue weighted by Crippen LogP contribution is 2.41. The molecule has 0 amide bonds. The molecule has 16 heavy (non-hydrogen) atoms. The van der Waals surface area contributed by atoms with E-state index in [9.17, 15) is 4.79 Å². The molecular formula is C11H16N2O3. The van der Waals surface area contributed by atoms with Crippen molar-refractivity contribution in [2.75, 3.05) is 0 Å². The SMILES string of the molecule is O=C(O)CC1(Cc2ncno2)CCCCC1. The van der Waals surface area contributed by atoms with Crippen LogP contribution in [-0.4, -0.2) is 21.2 Å². The minimum absolute atomic E-state index is 0.170. The summed E-state index contributed by atoms with van der Waals surface area (Å²) in [6.45, 7) is 0. The van der Waals surface area contributed by atoms with E-state index in [-0.39, 0.29) is 11.8 Å². The van der Waals surface area contributed by atoms with Crippen molar-refractivity contribution in [3.63, 3.8) is 0 Å². The Morgan fingerprint density at radius 2 is 2.19 bits per heavy atom. The van der Waals surface area contributed by atoms with E-state index in [1.54, 1.807) is 0 Å². The van der Waals surface area contributed by atoms with Gasteiger partial charge in [0.15, 0.2) is 6.33 Å². The van der Waals surface area contributed by atoms with Crippen LogP contribution < -0.4 is 0 Å². The number of nitrogens with zero attached hydrogens (tertiary/aromatic N) is 2. The smallest absolute Gasteiger partial charge is 0.303 e. The Kier molecular flexibility index (Phi) is 3.22. The fourth-order valence-corrected chi connectivity index (χ4v) is 2.63. The fraction of sp³-hybridized carbons (Fsp3) is 0.727. The summed E-state index contributed by atoms with van der Waals surface area (Å²) in [5.74, 6) is -0.176. The van der Waals surface area contributed by atoms with Crippen molar-refractivity contribution < 1.29 is 14.4 Å². The maximum absolute atomic E-state index is 10.9.